The van der Waals surface area contributed by atoms with Crippen LogP contribution in [0.15, 0.2) is 12.8 Å². The lowest BCUT2D eigenvalue weighted by molar-refractivity contribution is -0.132. The van der Waals surface area contributed by atoms with Crippen molar-refractivity contribution in [2.75, 3.05) is 19.7 Å². The molecule has 1 amide bonds. The molecular formula is C16H27NO3. The monoisotopic (exact) mass is 281 g/mol. The zero-order valence-corrected chi connectivity index (χ0v) is 12.9. The van der Waals surface area contributed by atoms with E-state index in [1.54, 1.807) is 0 Å². The third-order valence-corrected chi connectivity index (χ3v) is 5.20. The SMILES string of the molecule is C=CO.CC1(OCCC(=O)N2CC3C(C2)C3(C)C)CC1. The highest BCUT2D eigenvalue weighted by Gasteiger charge is 2.62. The molecule has 0 bridgehead atoms. The normalized spacial score (nSPS) is 30.9. The summed E-state index contributed by atoms with van der Waals surface area (Å²) in [4.78, 5) is 14.0. The number of fused-ring (bicyclic) bond motifs is 1. The Kier molecular flexibility index (Phi) is 4.14. The molecule has 0 aromatic rings. The molecule has 0 spiro atoms. The number of nitrogens with zero attached hydrogens (tertiary/aromatic N) is 1. The number of amides is 1. The van der Waals surface area contributed by atoms with Crippen LogP contribution in [0.1, 0.15) is 40.0 Å². The number of carbonyl (C=O) groups excluding carboxylic acids is 1. The molecule has 3 fully saturated rings. The first kappa shape index (κ1) is 15.4. The molecule has 0 aromatic carbocycles. The number of hydrogen-bond donors (Lipinski definition) is 1. The molecule has 3 rings (SSSR count). The second-order valence-corrected chi connectivity index (χ2v) is 7.06. The maximum Gasteiger partial charge on any atom is 0.224 e. The molecule has 114 valence electrons. The van der Waals surface area contributed by atoms with Crippen LogP contribution in [-0.2, 0) is 9.53 Å². The Hall–Kier alpha value is -1.03. The van der Waals surface area contributed by atoms with Gasteiger partial charge in [-0.2, -0.15) is 0 Å². The minimum absolute atomic E-state index is 0.107. The summed E-state index contributed by atoms with van der Waals surface area (Å²) < 4.78 is 5.70. The number of aliphatic hydroxyl groups excluding tert-OH is 1. The maximum absolute atomic E-state index is 12.0. The van der Waals surface area contributed by atoms with Crippen LogP contribution < -0.4 is 0 Å². The molecule has 1 aliphatic heterocycles. The predicted octanol–water partition coefficient (Wildman–Crippen LogP) is 2.75. The molecule has 0 aromatic heterocycles. The quantitative estimate of drug-likeness (QED) is 0.806. The van der Waals surface area contributed by atoms with Crippen LogP contribution in [-0.4, -0.2) is 41.2 Å². The number of likely N-dealkylation sites (tertiary alicyclic amines) is 1. The lowest BCUT2D eigenvalue weighted by atomic mass is 10.1. The molecule has 2 unspecified atom stereocenters. The van der Waals surface area contributed by atoms with Gasteiger partial charge in [0.2, 0.25) is 5.91 Å². The van der Waals surface area contributed by atoms with Crippen LogP contribution in [0.5, 0.6) is 0 Å². The summed E-state index contributed by atoms with van der Waals surface area (Å²) in [6.07, 6.45) is 3.63. The number of rotatable bonds is 4. The highest BCUT2D eigenvalue weighted by Crippen LogP contribution is 2.61. The van der Waals surface area contributed by atoms with Gasteiger partial charge >= 0.3 is 0 Å². The van der Waals surface area contributed by atoms with Crippen molar-refractivity contribution in [3.8, 4) is 0 Å². The number of aliphatic hydroxyl groups is 1. The fourth-order valence-corrected chi connectivity index (χ4v) is 3.20. The first-order valence-corrected chi connectivity index (χ1v) is 7.51. The summed E-state index contributed by atoms with van der Waals surface area (Å²) in [6, 6.07) is 0. The number of carbonyl (C=O) groups is 1. The molecule has 4 nitrogen and oxygen atoms in total. The van der Waals surface area contributed by atoms with Crippen LogP contribution >= 0.6 is 0 Å². The number of piperidine rings is 1. The van der Waals surface area contributed by atoms with Gasteiger partial charge in [-0.3, -0.25) is 4.79 Å². The van der Waals surface area contributed by atoms with Crippen molar-refractivity contribution in [2.24, 2.45) is 17.3 Å². The first-order valence-electron chi connectivity index (χ1n) is 7.51. The van der Waals surface area contributed by atoms with Gasteiger partial charge < -0.3 is 14.7 Å². The summed E-state index contributed by atoms with van der Waals surface area (Å²) in [5, 5.41) is 7.33. The molecule has 3 aliphatic rings. The van der Waals surface area contributed by atoms with E-state index in [2.05, 4.69) is 27.4 Å². The zero-order chi connectivity index (χ0) is 15.0. The molecule has 1 saturated heterocycles. The van der Waals surface area contributed by atoms with E-state index >= 15 is 0 Å². The number of ether oxygens (including phenoxy) is 1. The van der Waals surface area contributed by atoms with E-state index in [1.165, 1.54) is 0 Å². The van der Waals surface area contributed by atoms with Gasteiger partial charge in [-0.15, -0.1) is 0 Å². The molecular weight excluding hydrogens is 254 g/mol. The van der Waals surface area contributed by atoms with Gasteiger partial charge in [0, 0.05) is 13.1 Å². The Balaban J connectivity index is 0.000000452. The second kappa shape index (κ2) is 5.40. The molecule has 2 saturated carbocycles. The second-order valence-electron chi connectivity index (χ2n) is 7.06. The van der Waals surface area contributed by atoms with Crippen LogP contribution in [0.25, 0.3) is 0 Å². The average Bonchev–Trinajstić information content (AvgIpc) is 3.10. The summed E-state index contributed by atoms with van der Waals surface area (Å²) in [7, 11) is 0. The molecule has 0 radical (unpaired) electrons. The molecule has 20 heavy (non-hydrogen) atoms. The standard InChI is InChI=1S/C14H23NO2.C2H4O/c1-13(2)10-8-15(9-11(10)13)12(16)4-7-17-14(3)5-6-14;1-2-3/h10-11H,4-9H2,1-3H3;2-3H,1H2. The van der Waals surface area contributed by atoms with E-state index in [-0.39, 0.29) is 11.5 Å². The van der Waals surface area contributed by atoms with Crippen molar-refractivity contribution in [1.29, 1.82) is 0 Å². The summed E-state index contributed by atoms with van der Waals surface area (Å²) in [6.45, 7) is 12.2. The Labute approximate surface area is 121 Å². The van der Waals surface area contributed by atoms with Crippen molar-refractivity contribution in [2.45, 2.75) is 45.6 Å². The van der Waals surface area contributed by atoms with Crippen molar-refractivity contribution >= 4 is 5.91 Å². The van der Waals surface area contributed by atoms with Crippen molar-refractivity contribution in [1.82, 2.24) is 4.90 Å². The topological polar surface area (TPSA) is 49.8 Å². The fourth-order valence-electron chi connectivity index (χ4n) is 3.20. The Bertz CT molecular complexity index is 373. The van der Waals surface area contributed by atoms with Gasteiger partial charge in [0.15, 0.2) is 0 Å². The van der Waals surface area contributed by atoms with Gasteiger partial charge in [0.25, 0.3) is 0 Å². The Morgan fingerprint density at radius 2 is 1.85 bits per heavy atom. The van der Waals surface area contributed by atoms with Gasteiger partial charge in [0.05, 0.1) is 24.9 Å². The van der Waals surface area contributed by atoms with Crippen molar-refractivity contribution < 1.29 is 14.6 Å². The van der Waals surface area contributed by atoms with Gasteiger partial charge in [0.1, 0.15) is 0 Å². The van der Waals surface area contributed by atoms with E-state index in [0.717, 1.165) is 44.0 Å². The van der Waals surface area contributed by atoms with Crippen LogP contribution in [0.2, 0.25) is 0 Å². The van der Waals surface area contributed by atoms with Gasteiger partial charge in [-0.05, 0) is 37.0 Å². The van der Waals surface area contributed by atoms with Crippen LogP contribution in [0.3, 0.4) is 0 Å². The molecule has 4 heteroatoms. The summed E-state index contributed by atoms with van der Waals surface area (Å²) >= 11 is 0. The molecule has 2 atom stereocenters. The third kappa shape index (κ3) is 3.17. The van der Waals surface area contributed by atoms with E-state index < -0.39 is 0 Å². The lowest BCUT2D eigenvalue weighted by Crippen LogP contribution is -2.33. The van der Waals surface area contributed by atoms with Gasteiger partial charge in [-0.1, -0.05) is 20.4 Å². The molecule has 1 heterocycles. The molecule has 1 N–H and O–H groups in total. The van der Waals surface area contributed by atoms with E-state index in [0.29, 0.717) is 18.4 Å². The minimum Gasteiger partial charge on any atom is -0.516 e. The zero-order valence-electron chi connectivity index (χ0n) is 12.9. The van der Waals surface area contributed by atoms with E-state index in [4.69, 9.17) is 9.84 Å². The maximum atomic E-state index is 12.0. The van der Waals surface area contributed by atoms with Crippen molar-refractivity contribution in [3.05, 3.63) is 12.8 Å². The largest absolute Gasteiger partial charge is 0.516 e. The fraction of sp³-hybridized carbons (Fsp3) is 0.812. The summed E-state index contributed by atoms with van der Waals surface area (Å²) in [5.74, 6) is 1.80. The van der Waals surface area contributed by atoms with Crippen LogP contribution in [0, 0.1) is 17.3 Å². The third-order valence-electron chi connectivity index (χ3n) is 5.20. The minimum atomic E-state index is 0.107. The highest BCUT2D eigenvalue weighted by molar-refractivity contribution is 5.77. The van der Waals surface area contributed by atoms with Crippen LogP contribution in [0.4, 0.5) is 0 Å². The van der Waals surface area contributed by atoms with Gasteiger partial charge in [-0.25, -0.2) is 0 Å². The van der Waals surface area contributed by atoms with Crippen molar-refractivity contribution in [3.63, 3.8) is 0 Å². The predicted molar refractivity (Wildman–Crippen MR) is 78.4 cm³/mol. The number of hydrogen-bond acceptors (Lipinski definition) is 3. The first-order chi connectivity index (χ1) is 9.34. The van der Waals surface area contributed by atoms with E-state index in [9.17, 15) is 4.79 Å². The highest BCUT2D eigenvalue weighted by atomic mass is 16.5. The summed E-state index contributed by atoms with van der Waals surface area (Å²) in [5.41, 5.74) is 0.601. The Morgan fingerprint density at radius 3 is 2.30 bits per heavy atom. The smallest absolute Gasteiger partial charge is 0.224 e. The van der Waals surface area contributed by atoms with E-state index in [1.807, 2.05) is 4.90 Å². The Morgan fingerprint density at radius 1 is 1.35 bits per heavy atom. The molecule has 2 aliphatic carbocycles. The lowest BCUT2D eigenvalue weighted by Gasteiger charge is -2.22. The average molecular weight is 281 g/mol.